The molecule has 1 N–H and O–H groups in total. The number of alkyl halides is 3. The molecule has 0 amide bonds. The summed E-state index contributed by atoms with van der Waals surface area (Å²) in [5.41, 5.74) is 0.128. The van der Waals surface area contributed by atoms with Crippen LogP contribution in [-0.2, 0) is 12.8 Å². The predicted octanol–water partition coefficient (Wildman–Crippen LogP) is 4.48. The Morgan fingerprint density at radius 2 is 1.90 bits per heavy atom. The minimum atomic E-state index is -4.38. The molecule has 1 heterocycles. The number of aromatic amines is 1. The van der Waals surface area contributed by atoms with E-state index in [9.17, 15) is 18.0 Å². The van der Waals surface area contributed by atoms with Gasteiger partial charge >= 0.3 is 6.18 Å². The zero-order chi connectivity index (χ0) is 15.8. The molecular formula is C15H15ClF3NO. The average Bonchev–Trinajstić information content (AvgIpc) is 2.33. The summed E-state index contributed by atoms with van der Waals surface area (Å²) >= 11 is 5.89. The molecule has 0 atom stereocenters. The molecule has 1 aromatic carbocycles. The number of hydrogen-bond donors (Lipinski definition) is 1. The first kappa shape index (κ1) is 15.9. The molecule has 114 valence electrons. The lowest BCUT2D eigenvalue weighted by molar-refractivity contribution is -0.127. The molecule has 21 heavy (non-hydrogen) atoms. The summed E-state index contributed by atoms with van der Waals surface area (Å²) in [7, 11) is 0. The molecule has 2 rings (SSSR count). The molecule has 0 saturated heterocycles. The van der Waals surface area contributed by atoms with Crippen LogP contribution >= 0.6 is 11.6 Å². The van der Waals surface area contributed by atoms with Crippen LogP contribution < -0.4 is 5.56 Å². The first-order chi connectivity index (χ1) is 9.67. The summed E-state index contributed by atoms with van der Waals surface area (Å²) in [5, 5.41) is 0.698. The standard InChI is InChI=1S/C15H15ClF3NO/c1-8(2)5-11-12(7-15(17,18)19)10-6-9(16)3-4-13(10)20-14(11)21/h3-4,6,8H,5,7H2,1-2H3,(H,20,21). The van der Waals surface area contributed by atoms with Crippen molar-refractivity contribution in [2.75, 3.05) is 0 Å². The van der Waals surface area contributed by atoms with E-state index in [4.69, 9.17) is 11.6 Å². The van der Waals surface area contributed by atoms with Crippen LogP contribution in [0.2, 0.25) is 5.02 Å². The Balaban J connectivity index is 2.76. The van der Waals surface area contributed by atoms with Gasteiger partial charge in [0.2, 0.25) is 0 Å². The Kier molecular flexibility index (Phi) is 4.33. The number of H-pyrrole nitrogens is 1. The SMILES string of the molecule is CC(C)Cc1c(CC(F)(F)F)c2cc(Cl)ccc2[nH]c1=O. The van der Waals surface area contributed by atoms with Crippen LogP contribution in [0.3, 0.4) is 0 Å². The van der Waals surface area contributed by atoms with Crippen molar-refractivity contribution in [2.24, 2.45) is 5.92 Å². The highest BCUT2D eigenvalue weighted by molar-refractivity contribution is 6.31. The van der Waals surface area contributed by atoms with Gasteiger partial charge in [0, 0.05) is 21.5 Å². The molecule has 0 saturated carbocycles. The normalized spacial score (nSPS) is 12.3. The van der Waals surface area contributed by atoms with E-state index in [1.165, 1.54) is 12.1 Å². The maximum atomic E-state index is 12.9. The topological polar surface area (TPSA) is 32.9 Å². The van der Waals surface area contributed by atoms with Crippen molar-refractivity contribution in [1.82, 2.24) is 4.98 Å². The monoisotopic (exact) mass is 317 g/mol. The first-order valence-corrected chi connectivity index (χ1v) is 6.95. The van der Waals surface area contributed by atoms with E-state index in [1.54, 1.807) is 6.07 Å². The zero-order valence-electron chi connectivity index (χ0n) is 11.6. The van der Waals surface area contributed by atoms with Crippen LogP contribution in [0.15, 0.2) is 23.0 Å². The number of benzene rings is 1. The molecule has 2 nitrogen and oxygen atoms in total. The van der Waals surface area contributed by atoms with Crippen LogP contribution in [-0.4, -0.2) is 11.2 Å². The number of hydrogen-bond acceptors (Lipinski definition) is 1. The third-order valence-electron chi connectivity index (χ3n) is 3.18. The van der Waals surface area contributed by atoms with E-state index < -0.39 is 18.2 Å². The summed E-state index contributed by atoms with van der Waals surface area (Å²) < 4.78 is 38.6. The minimum absolute atomic E-state index is 0.0254. The van der Waals surface area contributed by atoms with E-state index in [0.29, 0.717) is 22.3 Å². The molecule has 6 heteroatoms. The fourth-order valence-electron chi connectivity index (χ4n) is 2.40. The van der Waals surface area contributed by atoms with Crippen LogP contribution in [0, 0.1) is 5.92 Å². The largest absolute Gasteiger partial charge is 0.393 e. The highest BCUT2D eigenvalue weighted by atomic mass is 35.5. The van der Waals surface area contributed by atoms with Crippen LogP contribution in [0.1, 0.15) is 25.0 Å². The van der Waals surface area contributed by atoms with Crippen molar-refractivity contribution in [3.8, 4) is 0 Å². The maximum Gasteiger partial charge on any atom is 0.393 e. The van der Waals surface area contributed by atoms with Crippen molar-refractivity contribution in [3.05, 3.63) is 44.7 Å². The van der Waals surface area contributed by atoms with E-state index in [0.717, 1.165) is 0 Å². The summed E-state index contributed by atoms with van der Waals surface area (Å²) in [5.74, 6) is 0.0784. The summed E-state index contributed by atoms with van der Waals surface area (Å²) in [4.78, 5) is 14.7. The Morgan fingerprint density at radius 1 is 1.24 bits per heavy atom. The smallest absolute Gasteiger partial charge is 0.322 e. The van der Waals surface area contributed by atoms with Crippen molar-refractivity contribution in [1.29, 1.82) is 0 Å². The summed E-state index contributed by atoms with van der Waals surface area (Å²) in [6.07, 6.45) is -5.21. The van der Waals surface area contributed by atoms with Crippen LogP contribution in [0.5, 0.6) is 0 Å². The molecular weight excluding hydrogens is 303 g/mol. The fraction of sp³-hybridized carbons (Fsp3) is 0.400. The van der Waals surface area contributed by atoms with Gasteiger partial charge in [-0.3, -0.25) is 4.79 Å². The maximum absolute atomic E-state index is 12.9. The second-order valence-corrected chi connectivity index (χ2v) is 5.93. The second-order valence-electron chi connectivity index (χ2n) is 5.49. The Labute approximate surface area is 124 Å². The van der Waals surface area contributed by atoms with Gasteiger partial charge in [0.1, 0.15) is 0 Å². The molecule has 0 bridgehead atoms. The number of halogens is 4. The first-order valence-electron chi connectivity index (χ1n) is 6.57. The van der Waals surface area contributed by atoms with Gasteiger partial charge in [-0.05, 0) is 36.1 Å². The number of fused-ring (bicyclic) bond motifs is 1. The Morgan fingerprint density at radius 3 is 2.48 bits per heavy atom. The van der Waals surface area contributed by atoms with Crippen LogP contribution in [0.25, 0.3) is 10.9 Å². The fourth-order valence-corrected chi connectivity index (χ4v) is 2.57. The number of nitrogens with one attached hydrogen (secondary N) is 1. The lowest BCUT2D eigenvalue weighted by atomic mass is 9.94. The summed E-state index contributed by atoms with van der Waals surface area (Å²) in [6.45, 7) is 3.72. The minimum Gasteiger partial charge on any atom is -0.322 e. The van der Waals surface area contributed by atoms with Gasteiger partial charge in [0.05, 0.1) is 6.42 Å². The lowest BCUT2D eigenvalue weighted by Crippen LogP contribution is -2.22. The van der Waals surface area contributed by atoms with E-state index in [1.807, 2.05) is 13.8 Å². The van der Waals surface area contributed by atoms with E-state index in [-0.39, 0.29) is 17.0 Å². The second kappa shape index (κ2) is 5.72. The Hall–Kier alpha value is -1.49. The number of pyridine rings is 1. The Bertz CT molecular complexity index is 719. The molecule has 2 aromatic rings. The predicted molar refractivity (Wildman–Crippen MR) is 77.9 cm³/mol. The third kappa shape index (κ3) is 3.79. The molecule has 0 aliphatic carbocycles. The third-order valence-corrected chi connectivity index (χ3v) is 3.42. The van der Waals surface area contributed by atoms with Gasteiger partial charge in [-0.2, -0.15) is 13.2 Å². The number of rotatable bonds is 3. The summed E-state index contributed by atoms with van der Waals surface area (Å²) in [6, 6.07) is 4.54. The van der Waals surface area contributed by atoms with Gasteiger partial charge in [-0.25, -0.2) is 0 Å². The molecule has 0 radical (unpaired) electrons. The van der Waals surface area contributed by atoms with Crippen LogP contribution in [0.4, 0.5) is 13.2 Å². The molecule has 0 unspecified atom stereocenters. The molecule has 0 aliphatic heterocycles. The average molecular weight is 318 g/mol. The van der Waals surface area contributed by atoms with Crippen molar-refractivity contribution in [2.45, 2.75) is 32.9 Å². The van der Waals surface area contributed by atoms with Crippen molar-refractivity contribution in [3.63, 3.8) is 0 Å². The highest BCUT2D eigenvalue weighted by Gasteiger charge is 2.31. The molecule has 0 spiro atoms. The van der Waals surface area contributed by atoms with Gasteiger partial charge in [-0.15, -0.1) is 0 Å². The van der Waals surface area contributed by atoms with Gasteiger partial charge in [-0.1, -0.05) is 25.4 Å². The van der Waals surface area contributed by atoms with E-state index in [2.05, 4.69) is 4.98 Å². The number of aromatic nitrogens is 1. The molecule has 1 aromatic heterocycles. The quantitative estimate of drug-likeness (QED) is 0.889. The van der Waals surface area contributed by atoms with Crippen molar-refractivity contribution < 1.29 is 13.2 Å². The lowest BCUT2D eigenvalue weighted by Gasteiger charge is -2.15. The van der Waals surface area contributed by atoms with E-state index >= 15 is 0 Å². The van der Waals surface area contributed by atoms with Gasteiger partial charge in [0.25, 0.3) is 5.56 Å². The zero-order valence-corrected chi connectivity index (χ0v) is 12.4. The highest BCUT2D eigenvalue weighted by Crippen LogP contribution is 2.29. The van der Waals surface area contributed by atoms with Crippen molar-refractivity contribution >= 4 is 22.5 Å². The van der Waals surface area contributed by atoms with Gasteiger partial charge in [0.15, 0.2) is 0 Å². The molecule has 0 fully saturated rings. The van der Waals surface area contributed by atoms with Gasteiger partial charge < -0.3 is 4.98 Å². The molecule has 0 aliphatic rings.